The largest absolute Gasteiger partial charge is 0.477 e. The number of nitrogens with two attached hydrogens (primary N) is 2. The van der Waals surface area contributed by atoms with Gasteiger partial charge in [0.25, 0.3) is 0 Å². The molecule has 0 saturated carbocycles. The first kappa shape index (κ1) is 24.1. The van der Waals surface area contributed by atoms with Gasteiger partial charge in [-0.05, 0) is 43.3 Å². The minimum atomic E-state index is -2.94. The fraction of sp³-hybridized carbons (Fsp3) is 0.217. The fourth-order valence-electron chi connectivity index (χ4n) is 3.55. The molecule has 0 fully saturated rings. The van der Waals surface area contributed by atoms with Crippen LogP contribution in [-0.4, -0.2) is 38.7 Å². The second-order valence-electron chi connectivity index (χ2n) is 7.53. The Bertz CT molecular complexity index is 1200. The Morgan fingerprint density at radius 3 is 2.68 bits per heavy atom. The first-order valence-corrected chi connectivity index (χ1v) is 12.2. The Hall–Kier alpha value is -3.02. The maximum absolute atomic E-state index is 11.6. The SMILES string of the molecule is COS(O)(c1ccc(C)cc1)n1ccc(Cl)c1C1=CC(OCc2ccccn2)C(/C(N)=N/N)O1. The average molecular weight is 504 g/mol. The number of aryl methyl sites for hydroxylation is 1. The molecule has 4 rings (SSSR count). The van der Waals surface area contributed by atoms with Gasteiger partial charge in [-0.2, -0.15) is 5.10 Å². The lowest BCUT2D eigenvalue weighted by atomic mass is 10.2. The second kappa shape index (κ2) is 10.1. The summed E-state index contributed by atoms with van der Waals surface area (Å²) in [7, 11) is -1.50. The number of hydrogen-bond acceptors (Lipinski definition) is 7. The zero-order valence-corrected chi connectivity index (χ0v) is 20.2. The number of aromatic nitrogens is 2. The van der Waals surface area contributed by atoms with Crippen LogP contribution in [0.15, 0.2) is 77.0 Å². The number of benzene rings is 1. The molecule has 1 aromatic carbocycles. The van der Waals surface area contributed by atoms with Crippen LogP contribution in [0, 0.1) is 6.92 Å². The van der Waals surface area contributed by atoms with Gasteiger partial charge in [-0.1, -0.05) is 46.1 Å². The lowest BCUT2D eigenvalue weighted by Gasteiger charge is -2.39. The highest BCUT2D eigenvalue weighted by atomic mass is 35.5. The van der Waals surface area contributed by atoms with E-state index in [0.717, 1.165) is 11.3 Å². The topological polar surface area (TPSA) is 130 Å². The number of ether oxygens (including phenoxy) is 2. The molecule has 3 unspecified atom stereocenters. The van der Waals surface area contributed by atoms with Crippen molar-refractivity contribution in [3.63, 3.8) is 0 Å². The molecule has 0 saturated heterocycles. The van der Waals surface area contributed by atoms with Crippen molar-refractivity contribution in [1.29, 1.82) is 0 Å². The molecule has 2 aromatic heterocycles. The van der Waals surface area contributed by atoms with Gasteiger partial charge in [-0.15, -0.1) is 0 Å². The third-order valence-electron chi connectivity index (χ3n) is 5.32. The third kappa shape index (κ3) is 4.63. The molecule has 5 N–H and O–H groups in total. The molecule has 0 radical (unpaired) electrons. The molecule has 0 bridgehead atoms. The third-order valence-corrected chi connectivity index (χ3v) is 7.82. The molecular formula is C23H26ClN5O4S. The van der Waals surface area contributed by atoms with E-state index in [4.69, 9.17) is 36.8 Å². The molecule has 1 aliphatic heterocycles. The zero-order chi connectivity index (χ0) is 24.3. The van der Waals surface area contributed by atoms with E-state index in [1.165, 1.54) is 7.11 Å². The van der Waals surface area contributed by atoms with Crippen molar-refractivity contribution in [3.05, 3.63) is 89.0 Å². The summed E-state index contributed by atoms with van der Waals surface area (Å²) in [5.41, 5.74) is 8.22. The standard InChI is InChI=1S/C23H26ClN5O4S/c1-15-6-8-17(9-7-15)34(30,31-2)29-12-10-18(24)21(29)19-13-20(22(33-19)23(25)28-26)32-14-16-5-3-4-11-27-16/h3-13,20,22,30H,14,26H2,1-2H3,(H2,25,28). The van der Waals surface area contributed by atoms with Crippen molar-refractivity contribution >= 4 is 34.0 Å². The zero-order valence-electron chi connectivity index (χ0n) is 18.7. The maximum Gasteiger partial charge on any atom is 0.187 e. The van der Waals surface area contributed by atoms with Crippen molar-refractivity contribution in [2.24, 2.45) is 16.7 Å². The van der Waals surface area contributed by atoms with Gasteiger partial charge in [0.1, 0.15) is 17.6 Å². The van der Waals surface area contributed by atoms with E-state index in [1.807, 2.05) is 49.4 Å². The van der Waals surface area contributed by atoms with Gasteiger partial charge in [-0.3, -0.25) is 13.7 Å². The Labute approximate surface area is 204 Å². The monoisotopic (exact) mass is 503 g/mol. The molecule has 3 atom stereocenters. The molecule has 3 aromatic rings. The predicted octanol–water partition coefficient (Wildman–Crippen LogP) is 4.06. The van der Waals surface area contributed by atoms with Crippen LogP contribution in [0.4, 0.5) is 0 Å². The van der Waals surface area contributed by atoms with Crippen LogP contribution in [0.3, 0.4) is 0 Å². The predicted molar refractivity (Wildman–Crippen MR) is 133 cm³/mol. The van der Waals surface area contributed by atoms with Crippen LogP contribution >= 0.6 is 22.4 Å². The molecule has 11 heteroatoms. The van der Waals surface area contributed by atoms with E-state index >= 15 is 0 Å². The van der Waals surface area contributed by atoms with Crippen LogP contribution in [0.5, 0.6) is 0 Å². The molecule has 1 aliphatic rings. The van der Waals surface area contributed by atoms with Crippen LogP contribution in [0.2, 0.25) is 5.02 Å². The Morgan fingerprint density at radius 1 is 1.26 bits per heavy atom. The van der Waals surface area contributed by atoms with Gasteiger partial charge < -0.3 is 21.1 Å². The van der Waals surface area contributed by atoms with Crippen molar-refractivity contribution in [1.82, 2.24) is 8.96 Å². The Morgan fingerprint density at radius 2 is 2.03 bits per heavy atom. The summed E-state index contributed by atoms with van der Waals surface area (Å²) in [6.45, 7) is 2.19. The van der Waals surface area contributed by atoms with Crippen molar-refractivity contribution < 1.29 is 18.2 Å². The second-order valence-corrected chi connectivity index (χ2v) is 10.1. The quantitative estimate of drug-likeness (QED) is 0.183. The number of halogens is 1. The van der Waals surface area contributed by atoms with Crippen LogP contribution in [0.25, 0.3) is 5.76 Å². The highest BCUT2D eigenvalue weighted by molar-refractivity contribution is 8.23. The smallest absolute Gasteiger partial charge is 0.187 e. The molecular weight excluding hydrogens is 478 g/mol. The van der Waals surface area contributed by atoms with E-state index in [0.29, 0.717) is 21.4 Å². The number of hydrazone groups is 1. The molecule has 0 aliphatic carbocycles. The lowest BCUT2D eigenvalue weighted by molar-refractivity contribution is 0.0242. The van der Waals surface area contributed by atoms with Gasteiger partial charge in [0.05, 0.1) is 29.3 Å². The molecule has 0 amide bonds. The van der Waals surface area contributed by atoms with Crippen LogP contribution < -0.4 is 11.6 Å². The van der Waals surface area contributed by atoms with Crippen molar-refractivity contribution in [2.45, 2.75) is 30.6 Å². The summed E-state index contributed by atoms with van der Waals surface area (Å²) in [4.78, 5) is 4.86. The van der Waals surface area contributed by atoms with E-state index in [-0.39, 0.29) is 12.4 Å². The van der Waals surface area contributed by atoms with Crippen molar-refractivity contribution in [2.75, 3.05) is 7.11 Å². The van der Waals surface area contributed by atoms with Gasteiger partial charge in [0.15, 0.2) is 11.9 Å². The van der Waals surface area contributed by atoms with E-state index in [1.54, 1.807) is 28.5 Å². The number of nitrogens with zero attached hydrogens (tertiary/aromatic N) is 3. The summed E-state index contributed by atoms with van der Waals surface area (Å²) in [5, 5.41) is 3.94. The maximum atomic E-state index is 11.6. The minimum Gasteiger partial charge on any atom is -0.477 e. The summed E-state index contributed by atoms with van der Waals surface area (Å²) < 4.78 is 31.0. The Balaban J connectivity index is 1.71. The van der Waals surface area contributed by atoms with Gasteiger partial charge in [0, 0.05) is 12.4 Å². The van der Waals surface area contributed by atoms with Gasteiger partial charge in [-0.25, -0.2) is 3.97 Å². The van der Waals surface area contributed by atoms with Gasteiger partial charge in [0.2, 0.25) is 0 Å². The number of amidine groups is 1. The average Bonchev–Trinajstić information content (AvgIpc) is 3.46. The summed E-state index contributed by atoms with van der Waals surface area (Å²) >= 11 is 6.55. The highest BCUT2D eigenvalue weighted by Gasteiger charge is 2.37. The normalized spacial score (nSPS) is 20.9. The van der Waals surface area contributed by atoms with Crippen molar-refractivity contribution in [3.8, 4) is 0 Å². The molecule has 9 nitrogen and oxygen atoms in total. The summed E-state index contributed by atoms with van der Waals surface area (Å²) in [5.74, 6) is 5.84. The summed E-state index contributed by atoms with van der Waals surface area (Å²) in [6.07, 6.45) is 3.66. The van der Waals surface area contributed by atoms with Gasteiger partial charge >= 0.3 is 0 Å². The highest BCUT2D eigenvalue weighted by Crippen LogP contribution is 2.56. The summed E-state index contributed by atoms with van der Waals surface area (Å²) in [6, 6.07) is 14.6. The number of rotatable bonds is 8. The number of hydrogen-bond donors (Lipinski definition) is 3. The van der Waals surface area contributed by atoms with Crippen LogP contribution in [-0.2, 0) is 20.3 Å². The van der Waals surface area contributed by atoms with E-state index in [9.17, 15) is 4.55 Å². The lowest BCUT2D eigenvalue weighted by Crippen LogP contribution is -2.39. The molecule has 0 spiro atoms. The first-order valence-electron chi connectivity index (χ1n) is 10.4. The minimum absolute atomic E-state index is 0.0550. The van der Waals surface area contributed by atoms with Crippen LogP contribution in [0.1, 0.15) is 17.0 Å². The Kier molecular flexibility index (Phi) is 7.15. The first-order chi connectivity index (χ1) is 16.4. The molecule has 34 heavy (non-hydrogen) atoms. The molecule has 3 heterocycles. The molecule has 180 valence electrons. The number of pyridine rings is 1. The van der Waals surface area contributed by atoms with E-state index < -0.39 is 23.0 Å². The fourth-order valence-corrected chi connectivity index (χ4v) is 5.57. The van der Waals surface area contributed by atoms with E-state index in [2.05, 4.69) is 10.1 Å².